The summed E-state index contributed by atoms with van der Waals surface area (Å²) in [7, 11) is 0. The molecule has 1 atom stereocenters. The lowest BCUT2D eigenvalue weighted by molar-refractivity contribution is 0.123. The topological polar surface area (TPSA) is 48.9 Å². The van der Waals surface area contributed by atoms with Crippen LogP contribution in [-0.4, -0.2) is 62.8 Å². The smallest absolute Gasteiger partial charge is 0.191 e. The molecule has 5 nitrogen and oxygen atoms in total. The molecule has 1 aliphatic heterocycles. The molecular formula is C20H41IN4O. The van der Waals surface area contributed by atoms with Gasteiger partial charge in [-0.1, -0.05) is 6.42 Å². The van der Waals surface area contributed by atoms with Crippen molar-refractivity contribution < 1.29 is 4.74 Å². The minimum Gasteiger partial charge on any atom is -0.381 e. The molecule has 0 aromatic carbocycles. The minimum atomic E-state index is 0. The van der Waals surface area contributed by atoms with Crippen molar-refractivity contribution in [2.24, 2.45) is 10.9 Å². The number of ether oxygens (including phenoxy) is 1. The summed E-state index contributed by atoms with van der Waals surface area (Å²) >= 11 is 0. The van der Waals surface area contributed by atoms with Gasteiger partial charge in [0.1, 0.15) is 0 Å². The second-order valence-corrected chi connectivity index (χ2v) is 7.65. The maximum atomic E-state index is 5.66. The predicted octanol–water partition coefficient (Wildman–Crippen LogP) is 3.63. The van der Waals surface area contributed by atoms with Crippen molar-refractivity contribution in [2.75, 3.05) is 45.9 Å². The number of nitrogens with zero attached hydrogens (tertiary/aromatic N) is 2. The third kappa shape index (κ3) is 10.9. The maximum Gasteiger partial charge on any atom is 0.191 e. The summed E-state index contributed by atoms with van der Waals surface area (Å²) in [5, 5.41) is 6.81. The molecule has 2 rings (SSSR count). The van der Waals surface area contributed by atoms with E-state index < -0.39 is 0 Å². The van der Waals surface area contributed by atoms with E-state index in [1.165, 1.54) is 58.0 Å². The first-order chi connectivity index (χ1) is 12.3. The Bertz CT molecular complexity index is 377. The molecule has 1 saturated heterocycles. The van der Waals surface area contributed by atoms with Crippen LogP contribution in [0.25, 0.3) is 0 Å². The Hall–Kier alpha value is -0.0800. The van der Waals surface area contributed by atoms with Gasteiger partial charge in [-0.15, -0.1) is 24.0 Å². The fourth-order valence-electron chi connectivity index (χ4n) is 3.37. The van der Waals surface area contributed by atoms with E-state index in [0.29, 0.717) is 0 Å². The number of hydrogen-bond acceptors (Lipinski definition) is 3. The molecule has 1 aliphatic carbocycles. The highest BCUT2D eigenvalue weighted by molar-refractivity contribution is 14.0. The molecule has 2 fully saturated rings. The summed E-state index contributed by atoms with van der Waals surface area (Å²) < 4.78 is 5.66. The highest BCUT2D eigenvalue weighted by Crippen LogP contribution is 2.28. The standard InChI is InChI=1S/C20H40N4O.HI/c1-3-21-20(23-13-8-16-25-17-19-10-11-19)22-12-5-7-15-24-14-6-4-9-18(24)2;/h18-19H,3-17H2,1-2H3,(H2,21,22,23);1H. The second kappa shape index (κ2) is 14.9. The van der Waals surface area contributed by atoms with Gasteiger partial charge in [0.05, 0.1) is 0 Å². The van der Waals surface area contributed by atoms with Crippen molar-refractivity contribution in [3.63, 3.8) is 0 Å². The first-order valence-electron chi connectivity index (χ1n) is 10.6. The van der Waals surface area contributed by atoms with Crippen LogP contribution in [0.2, 0.25) is 0 Å². The molecule has 26 heavy (non-hydrogen) atoms. The zero-order chi connectivity index (χ0) is 17.7. The van der Waals surface area contributed by atoms with Crippen LogP contribution in [0, 0.1) is 5.92 Å². The van der Waals surface area contributed by atoms with Gasteiger partial charge in [0.25, 0.3) is 0 Å². The molecule has 2 N–H and O–H groups in total. The van der Waals surface area contributed by atoms with E-state index in [-0.39, 0.29) is 24.0 Å². The summed E-state index contributed by atoms with van der Waals surface area (Å²) in [6.45, 7) is 11.6. The molecule has 154 valence electrons. The molecule has 0 aromatic rings. The van der Waals surface area contributed by atoms with Crippen molar-refractivity contribution in [1.82, 2.24) is 15.5 Å². The molecule has 0 radical (unpaired) electrons. The first kappa shape index (κ1) is 24.0. The van der Waals surface area contributed by atoms with Crippen LogP contribution < -0.4 is 10.6 Å². The zero-order valence-corrected chi connectivity index (χ0v) is 19.3. The summed E-state index contributed by atoms with van der Waals surface area (Å²) in [6.07, 6.45) is 10.4. The quantitative estimate of drug-likeness (QED) is 0.194. The summed E-state index contributed by atoms with van der Waals surface area (Å²) in [4.78, 5) is 7.31. The Kier molecular flexibility index (Phi) is 13.7. The van der Waals surface area contributed by atoms with E-state index in [9.17, 15) is 0 Å². The summed E-state index contributed by atoms with van der Waals surface area (Å²) in [6, 6.07) is 0.780. The van der Waals surface area contributed by atoms with Crippen LogP contribution in [0.1, 0.15) is 65.2 Å². The van der Waals surface area contributed by atoms with Gasteiger partial charge in [0, 0.05) is 38.9 Å². The van der Waals surface area contributed by atoms with Gasteiger partial charge in [0.15, 0.2) is 5.96 Å². The number of aliphatic imine (C=N–C) groups is 1. The molecule has 1 unspecified atom stereocenters. The van der Waals surface area contributed by atoms with E-state index in [4.69, 9.17) is 4.74 Å². The Morgan fingerprint density at radius 2 is 1.96 bits per heavy atom. The lowest BCUT2D eigenvalue weighted by Crippen LogP contribution is -2.39. The van der Waals surface area contributed by atoms with Gasteiger partial charge in [-0.25, -0.2) is 0 Å². The average molecular weight is 480 g/mol. The fraction of sp³-hybridized carbons (Fsp3) is 0.950. The molecular weight excluding hydrogens is 439 g/mol. The normalized spacial score (nSPS) is 21.3. The number of likely N-dealkylation sites (tertiary alicyclic amines) is 1. The monoisotopic (exact) mass is 480 g/mol. The highest BCUT2D eigenvalue weighted by atomic mass is 127. The van der Waals surface area contributed by atoms with E-state index in [2.05, 4.69) is 34.4 Å². The van der Waals surface area contributed by atoms with Gasteiger partial charge in [0.2, 0.25) is 0 Å². The summed E-state index contributed by atoms with van der Waals surface area (Å²) in [5.74, 6) is 1.81. The van der Waals surface area contributed by atoms with Crippen molar-refractivity contribution in [1.29, 1.82) is 0 Å². The molecule has 6 heteroatoms. The van der Waals surface area contributed by atoms with Gasteiger partial charge in [-0.3, -0.25) is 4.99 Å². The van der Waals surface area contributed by atoms with Crippen LogP contribution in [0.4, 0.5) is 0 Å². The van der Waals surface area contributed by atoms with Gasteiger partial charge in [-0.05, 0) is 77.8 Å². The Morgan fingerprint density at radius 3 is 2.69 bits per heavy atom. The molecule has 1 heterocycles. The zero-order valence-electron chi connectivity index (χ0n) is 17.0. The molecule has 2 aliphatic rings. The first-order valence-corrected chi connectivity index (χ1v) is 10.6. The lowest BCUT2D eigenvalue weighted by atomic mass is 10.0. The van der Waals surface area contributed by atoms with E-state index >= 15 is 0 Å². The molecule has 1 saturated carbocycles. The number of halogens is 1. The van der Waals surface area contributed by atoms with Gasteiger partial charge >= 0.3 is 0 Å². The Balaban J connectivity index is 0.00000338. The van der Waals surface area contributed by atoms with Crippen molar-refractivity contribution in [3.05, 3.63) is 0 Å². The van der Waals surface area contributed by atoms with Gasteiger partial charge in [-0.2, -0.15) is 0 Å². The number of hydrogen-bond donors (Lipinski definition) is 2. The number of unbranched alkanes of at least 4 members (excludes halogenated alkanes) is 1. The number of guanidine groups is 1. The van der Waals surface area contributed by atoms with Gasteiger partial charge < -0.3 is 20.3 Å². The van der Waals surface area contributed by atoms with Crippen LogP contribution in [0.15, 0.2) is 4.99 Å². The Morgan fingerprint density at radius 1 is 1.12 bits per heavy atom. The van der Waals surface area contributed by atoms with Crippen LogP contribution in [0.5, 0.6) is 0 Å². The van der Waals surface area contributed by atoms with Crippen molar-refractivity contribution in [2.45, 2.75) is 71.3 Å². The minimum absolute atomic E-state index is 0. The number of rotatable bonds is 12. The highest BCUT2D eigenvalue weighted by Gasteiger charge is 2.20. The van der Waals surface area contributed by atoms with Crippen LogP contribution in [-0.2, 0) is 4.74 Å². The predicted molar refractivity (Wildman–Crippen MR) is 122 cm³/mol. The summed E-state index contributed by atoms with van der Waals surface area (Å²) in [5.41, 5.74) is 0. The molecule has 0 spiro atoms. The number of nitrogens with one attached hydrogen (secondary N) is 2. The molecule has 0 aromatic heterocycles. The number of piperidine rings is 1. The van der Waals surface area contributed by atoms with Crippen molar-refractivity contribution >= 4 is 29.9 Å². The lowest BCUT2D eigenvalue weighted by Gasteiger charge is -2.33. The van der Waals surface area contributed by atoms with E-state index in [1.807, 2.05) is 0 Å². The fourth-order valence-corrected chi connectivity index (χ4v) is 3.37. The average Bonchev–Trinajstić information content (AvgIpc) is 3.43. The SMILES string of the molecule is CCNC(=NCCCOCC1CC1)NCCCCN1CCCCC1C.I. The Labute approximate surface area is 178 Å². The molecule has 0 amide bonds. The largest absolute Gasteiger partial charge is 0.381 e. The molecule has 0 bridgehead atoms. The van der Waals surface area contributed by atoms with Crippen molar-refractivity contribution in [3.8, 4) is 0 Å². The van der Waals surface area contributed by atoms with Crippen LogP contribution in [0.3, 0.4) is 0 Å². The third-order valence-corrected chi connectivity index (χ3v) is 5.22. The second-order valence-electron chi connectivity index (χ2n) is 7.65. The van der Waals surface area contributed by atoms with E-state index in [0.717, 1.165) is 57.2 Å². The third-order valence-electron chi connectivity index (χ3n) is 5.22. The van der Waals surface area contributed by atoms with E-state index in [1.54, 1.807) is 0 Å². The maximum absolute atomic E-state index is 5.66. The van der Waals surface area contributed by atoms with Crippen LogP contribution >= 0.6 is 24.0 Å².